The third-order valence-corrected chi connectivity index (χ3v) is 8.37. The molecular formula is C31H30FNO3. The van der Waals surface area contributed by atoms with Crippen molar-refractivity contribution in [3.8, 4) is 11.1 Å². The molecule has 0 saturated carbocycles. The summed E-state index contributed by atoms with van der Waals surface area (Å²) < 4.78 is 20.4. The predicted octanol–water partition coefficient (Wildman–Crippen LogP) is 6.44. The van der Waals surface area contributed by atoms with Gasteiger partial charge in [0.15, 0.2) is 0 Å². The zero-order valence-corrected chi connectivity index (χ0v) is 20.5. The molecule has 1 amide bonds. The van der Waals surface area contributed by atoms with E-state index in [4.69, 9.17) is 4.74 Å². The maximum absolute atomic E-state index is 14.4. The second kappa shape index (κ2) is 9.20. The first kappa shape index (κ1) is 23.0. The number of hydrogen-bond donors (Lipinski definition) is 0. The number of fused-ring (bicyclic) bond motifs is 5. The number of nitrogens with zero attached hydrogens (tertiary/aromatic N) is 1. The summed E-state index contributed by atoms with van der Waals surface area (Å²) in [5, 5.41) is 0. The Bertz CT molecular complexity index is 1280. The number of carbonyl (C=O) groups is 2. The van der Waals surface area contributed by atoms with Gasteiger partial charge in [-0.2, -0.15) is 0 Å². The van der Waals surface area contributed by atoms with E-state index in [1.165, 1.54) is 22.3 Å². The van der Waals surface area contributed by atoms with Crippen molar-refractivity contribution >= 4 is 11.9 Å². The Labute approximate surface area is 211 Å². The van der Waals surface area contributed by atoms with Crippen LogP contribution >= 0.6 is 0 Å². The molecule has 3 aromatic rings. The third kappa shape index (κ3) is 3.91. The summed E-state index contributed by atoms with van der Waals surface area (Å²) in [6.45, 7) is 2.02. The quantitative estimate of drug-likeness (QED) is 0.420. The maximum Gasteiger partial charge on any atom is 0.410 e. The van der Waals surface area contributed by atoms with Crippen LogP contribution < -0.4 is 0 Å². The van der Waals surface area contributed by atoms with Gasteiger partial charge in [-0.3, -0.25) is 4.79 Å². The van der Waals surface area contributed by atoms with E-state index in [0.717, 1.165) is 12.8 Å². The number of amides is 1. The fourth-order valence-electron chi connectivity index (χ4n) is 6.58. The highest BCUT2D eigenvalue weighted by molar-refractivity contribution is 5.84. The zero-order valence-electron chi connectivity index (χ0n) is 20.5. The summed E-state index contributed by atoms with van der Waals surface area (Å²) >= 11 is 0. The fourth-order valence-corrected chi connectivity index (χ4v) is 6.58. The molecule has 6 rings (SSSR count). The van der Waals surface area contributed by atoms with Crippen LogP contribution in [0.25, 0.3) is 11.1 Å². The number of aryl methyl sites for hydroxylation is 1. The fraction of sp³-hybridized carbons (Fsp3) is 0.355. The number of ketones is 1. The van der Waals surface area contributed by atoms with Crippen LogP contribution in [0.15, 0.2) is 66.7 Å². The van der Waals surface area contributed by atoms with Gasteiger partial charge in [0.2, 0.25) is 0 Å². The Hall–Kier alpha value is -3.47. The molecule has 0 aromatic heterocycles. The lowest BCUT2D eigenvalue weighted by Gasteiger charge is -2.37. The van der Waals surface area contributed by atoms with Gasteiger partial charge < -0.3 is 9.64 Å². The van der Waals surface area contributed by atoms with Crippen molar-refractivity contribution in [2.75, 3.05) is 6.61 Å². The van der Waals surface area contributed by atoms with E-state index in [0.29, 0.717) is 30.6 Å². The lowest BCUT2D eigenvalue weighted by molar-refractivity contribution is -0.124. The standard InChI is InChI=1S/C31H30FNO3/c1-19-7-6-8-20(30(19)32)17-29(34)21-15-22-13-14-23(16-21)33(22)31(35)36-18-28-26-11-4-2-9-24(26)25-10-3-5-12-27(25)28/h2-12,21-23,28H,13-18H2,1H3. The monoisotopic (exact) mass is 483 g/mol. The number of carbonyl (C=O) groups excluding carboxylic acids is 2. The first-order chi connectivity index (χ1) is 17.5. The lowest BCUT2D eigenvalue weighted by atomic mass is 9.85. The smallest absolute Gasteiger partial charge is 0.410 e. The minimum Gasteiger partial charge on any atom is -0.448 e. The number of benzene rings is 3. The summed E-state index contributed by atoms with van der Waals surface area (Å²) in [7, 11) is 0. The number of piperidine rings is 1. The Morgan fingerprint density at radius 2 is 1.50 bits per heavy atom. The van der Waals surface area contributed by atoms with E-state index < -0.39 is 0 Å². The van der Waals surface area contributed by atoms with Crippen molar-refractivity contribution < 1.29 is 18.7 Å². The Morgan fingerprint density at radius 1 is 0.889 bits per heavy atom. The van der Waals surface area contributed by atoms with Gasteiger partial charge in [0, 0.05) is 30.3 Å². The normalized spacial score (nSPS) is 22.3. The van der Waals surface area contributed by atoms with Crippen molar-refractivity contribution in [3.63, 3.8) is 0 Å². The highest BCUT2D eigenvalue weighted by Crippen LogP contribution is 2.45. The molecule has 0 radical (unpaired) electrons. The summed E-state index contributed by atoms with van der Waals surface area (Å²) in [6.07, 6.45) is 2.87. The van der Waals surface area contributed by atoms with Crippen LogP contribution in [0.5, 0.6) is 0 Å². The van der Waals surface area contributed by atoms with Crippen LogP contribution in [0.2, 0.25) is 0 Å². The molecule has 5 heteroatoms. The Kier molecular flexibility index (Phi) is 5.87. The second-order valence-electron chi connectivity index (χ2n) is 10.5. The molecule has 184 valence electrons. The summed E-state index contributed by atoms with van der Waals surface area (Å²) in [5.41, 5.74) is 5.83. The van der Waals surface area contributed by atoms with E-state index in [1.807, 2.05) is 29.2 Å². The SMILES string of the molecule is Cc1cccc(CC(=O)C2CC3CCC(C2)N3C(=O)OCC2c3ccccc3-c3ccccc32)c1F. The summed E-state index contributed by atoms with van der Waals surface area (Å²) in [5.74, 6) is -0.323. The predicted molar refractivity (Wildman–Crippen MR) is 136 cm³/mol. The minimum absolute atomic E-state index is 0.00991. The van der Waals surface area contributed by atoms with Crippen molar-refractivity contribution in [1.29, 1.82) is 0 Å². The Balaban J connectivity index is 1.11. The highest BCUT2D eigenvalue weighted by Gasteiger charge is 2.46. The first-order valence-electron chi connectivity index (χ1n) is 12.9. The highest BCUT2D eigenvalue weighted by atomic mass is 19.1. The molecule has 2 heterocycles. The molecule has 3 aromatic carbocycles. The number of hydrogen-bond acceptors (Lipinski definition) is 3. The molecule has 0 spiro atoms. The minimum atomic E-state index is -0.287. The molecule has 2 fully saturated rings. The molecule has 2 unspecified atom stereocenters. The van der Waals surface area contributed by atoms with Crippen LogP contribution in [0.4, 0.5) is 9.18 Å². The van der Waals surface area contributed by atoms with Crippen molar-refractivity contribution in [2.24, 2.45) is 5.92 Å². The number of rotatable bonds is 5. The van der Waals surface area contributed by atoms with E-state index in [9.17, 15) is 14.0 Å². The van der Waals surface area contributed by atoms with E-state index in [-0.39, 0.29) is 48.0 Å². The average molecular weight is 484 g/mol. The van der Waals surface area contributed by atoms with E-state index in [2.05, 4.69) is 24.3 Å². The molecule has 2 bridgehead atoms. The van der Waals surface area contributed by atoms with Gasteiger partial charge in [0.1, 0.15) is 18.2 Å². The van der Waals surface area contributed by atoms with Gasteiger partial charge in [-0.25, -0.2) is 9.18 Å². The van der Waals surface area contributed by atoms with Crippen LogP contribution in [0, 0.1) is 18.7 Å². The number of Topliss-reactive ketones (excluding diaryl/α,β-unsaturated/α-hetero) is 1. The molecule has 2 saturated heterocycles. The summed E-state index contributed by atoms with van der Waals surface area (Å²) in [6, 6.07) is 21.9. The largest absolute Gasteiger partial charge is 0.448 e. The van der Waals surface area contributed by atoms with Crippen molar-refractivity contribution in [2.45, 2.75) is 57.0 Å². The van der Waals surface area contributed by atoms with Gasteiger partial charge in [-0.1, -0.05) is 66.7 Å². The zero-order chi connectivity index (χ0) is 24.8. The van der Waals surface area contributed by atoms with Crippen LogP contribution in [0.1, 0.15) is 53.9 Å². The second-order valence-corrected chi connectivity index (χ2v) is 10.5. The summed E-state index contributed by atoms with van der Waals surface area (Å²) in [4.78, 5) is 28.2. The maximum atomic E-state index is 14.4. The van der Waals surface area contributed by atoms with Crippen LogP contribution in [0.3, 0.4) is 0 Å². The third-order valence-electron chi connectivity index (χ3n) is 8.37. The average Bonchev–Trinajstić information content (AvgIpc) is 3.35. The van der Waals surface area contributed by atoms with Crippen molar-refractivity contribution in [3.05, 3.63) is 94.8 Å². The molecule has 1 aliphatic carbocycles. The molecule has 2 aliphatic heterocycles. The number of ether oxygens (including phenoxy) is 1. The van der Waals surface area contributed by atoms with Crippen LogP contribution in [-0.2, 0) is 16.0 Å². The number of halogens is 1. The van der Waals surface area contributed by atoms with Gasteiger partial charge >= 0.3 is 6.09 Å². The van der Waals surface area contributed by atoms with Crippen molar-refractivity contribution in [1.82, 2.24) is 4.90 Å². The molecular weight excluding hydrogens is 453 g/mol. The topological polar surface area (TPSA) is 46.6 Å². The first-order valence-corrected chi connectivity index (χ1v) is 12.9. The Morgan fingerprint density at radius 3 is 2.14 bits per heavy atom. The molecule has 0 N–H and O–H groups in total. The van der Waals surface area contributed by atoms with Gasteiger partial charge in [-0.15, -0.1) is 0 Å². The van der Waals surface area contributed by atoms with E-state index in [1.54, 1.807) is 25.1 Å². The van der Waals surface area contributed by atoms with Gasteiger partial charge in [-0.05, 0) is 66.0 Å². The molecule has 2 atom stereocenters. The molecule has 4 nitrogen and oxygen atoms in total. The molecule has 36 heavy (non-hydrogen) atoms. The van der Waals surface area contributed by atoms with Gasteiger partial charge in [0.05, 0.1) is 0 Å². The lowest BCUT2D eigenvalue weighted by Crippen LogP contribution is -2.48. The van der Waals surface area contributed by atoms with E-state index >= 15 is 0 Å². The van der Waals surface area contributed by atoms with Crippen LogP contribution in [-0.4, -0.2) is 35.5 Å². The molecule has 3 aliphatic rings. The van der Waals surface area contributed by atoms with Gasteiger partial charge in [0.25, 0.3) is 0 Å².